The molecule has 1 atom stereocenters. The minimum atomic E-state index is -1.10. The van der Waals surface area contributed by atoms with Crippen molar-refractivity contribution in [1.29, 1.82) is 0 Å². The van der Waals surface area contributed by atoms with Gasteiger partial charge in [0, 0.05) is 7.05 Å². The molecule has 0 saturated carbocycles. The summed E-state index contributed by atoms with van der Waals surface area (Å²) in [5.41, 5.74) is 0.847. The lowest BCUT2D eigenvalue weighted by molar-refractivity contribution is -0.137. The van der Waals surface area contributed by atoms with E-state index in [1.165, 1.54) is 13.2 Å². The van der Waals surface area contributed by atoms with Crippen LogP contribution in [0.25, 0.3) is 0 Å². The molecule has 0 amide bonds. The van der Waals surface area contributed by atoms with Gasteiger partial charge >= 0.3 is 5.97 Å². The van der Waals surface area contributed by atoms with Gasteiger partial charge in [0.25, 0.3) is 0 Å². The third-order valence-corrected chi connectivity index (χ3v) is 4.95. The summed E-state index contributed by atoms with van der Waals surface area (Å²) >= 11 is 6.44. The molecule has 7 heteroatoms. The van der Waals surface area contributed by atoms with Crippen LogP contribution in [0.1, 0.15) is 38.3 Å². The van der Waals surface area contributed by atoms with Gasteiger partial charge in [-0.3, -0.25) is 4.99 Å². The number of amidine groups is 1. The molecule has 28 heavy (non-hydrogen) atoms. The fourth-order valence-corrected chi connectivity index (χ4v) is 3.86. The van der Waals surface area contributed by atoms with Crippen molar-refractivity contribution in [2.75, 3.05) is 14.2 Å². The molecule has 3 rings (SSSR count). The quantitative estimate of drug-likeness (QED) is 0.464. The summed E-state index contributed by atoms with van der Waals surface area (Å²) in [6, 6.07) is 4.80. The Bertz CT molecular complexity index is 890. The molecule has 0 radical (unpaired) electrons. The first-order valence-electron chi connectivity index (χ1n) is 9.21. The number of allylic oxidation sites excluding steroid dienone is 1. The van der Waals surface area contributed by atoms with Crippen LogP contribution in [-0.4, -0.2) is 31.7 Å². The lowest BCUT2D eigenvalue weighted by Crippen LogP contribution is -2.43. The normalized spacial score (nSPS) is 21.1. The van der Waals surface area contributed by atoms with Crippen LogP contribution in [0.5, 0.6) is 0 Å². The number of nitrogens with zero attached hydrogens (tertiary/aromatic N) is 2. The van der Waals surface area contributed by atoms with Crippen LogP contribution >= 0.6 is 11.6 Å². The number of esters is 1. The molecule has 1 aliphatic heterocycles. The topological polar surface area (TPSA) is 63.0 Å². The third-order valence-electron chi connectivity index (χ3n) is 4.66. The van der Waals surface area contributed by atoms with E-state index in [2.05, 4.69) is 10.3 Å². The third kappa shape index (κ3) is 3.61. The van der Waals surface area contributed by atoms with E-state index in [1.807, 2.05) is 26.8 Å². The van der Waals surface area contributed by atoms with E-state index in [4.69, 9.17) is 21.3 Å². The first-order chi connectivity index (χ1) is 13.5. The van der Waals surface area contributed by atoms with Crippen molar-refractivity contribution >= 4 is 29.1 Å². The molecule has 1 aromatic carbocycles. The number of carbonyl (C=O) groups excluding carboxylic acids is 1. The van der Waals surface area contributed by atoms with Gasteiger partial charge < -0.3 is 10.1 Å². The van der Waals surface area contributed by atoms with E-state index in [-0.39, 0.29) is 16.5 Å². The zero-order chi connectivity index (χ0) is 20.9. The van der Waals surface area contributed by atoms with Gasteiger partial charge in [-0.2, -0.15) is 0 Å². The van der Waals surface area contributed by atoms with Crippen molar-refractivity contribution in [2.24, 2.45) is 9.98 Å². The Labute approximate surface area is 170 Å². The summed E-state index contributed by atoms with van der Waals surface area (Å²) in [6.45, 7) is 5.86. The first-order valence-corrected chi connectivity index (χ1v) is 9.59. The molecule has 150 valence electrons. The Morgan fingerprint density at radius 3 is 2.75 bits per heavy atom. The number of fused-ring (bicyclic) bond motifs is 2. The highest BCUT2D eigenvalue weighted by Gasteiger charge is 2.50. The lowest BCUT2D eigenvalue weighted by Gasteiger charge is -2.33. The Morgan fingerprint density at radius 1 is 1.43 bits per heavy atom. The number of carbonyl (C=O) groups is 1. The monoisotopic (exact) mass is 405 g/mol. The number of ether oxygens (including phenoxy) is 1. The van der Waals surface area contributed by atoms with Gasteiger partial charge in [0.1, 0.15) is 22.1 Å². The smallest absolute Gasteiger partial charge is 0.339 e. The van der Waals surface area contributed by atoms with Crippen LogP contribution < -0.4 is 5.32 Å². The fraction of sp³-hybridized carbons (Fsp3) is 0.381. The van der Waals surface area contributed by atoms with Crippen molar-refractivity contribution < 1.29 is 13.9 Å². The summed E-state index contributed by atoms with van der Waals surface area (Å²) in [5, 5.41) is 3.05. The second-order valence-electron chi connectivity index (χ2n) is 6.00. The molecule has 1 aliphatic carbocycles. The van der Waals surface area contributed by atoms with Crippen molar-refractivity contribution in [1.82, 2.24) is 5.32 Å². The van der Waals surface area contributed by atoms with E-state index in [1.54, 1.807) is 25.3 Å². The average Bonchev–Trinajstić information content (AvgIpc) is 3.06. The molecule has 1 unspecified atom stereocenters. The van der Waals surface area contributed by atoms with Crippen molar-refractivity contribution in [3.05, 3.63) is 58.0 Å². The van der Waals surface area contributed by atoms with Crippen LogP contribution in [0.3, 0.4) is 0 Å². The molecule has 5 nitrogen and oxygen atoms in total. The van der Waals surface area contributed by atoms with E-state index in [9.17, 15) is 9.18 Å². The van der Waals surface area contributed by atoms with E-state index in [0.29, 0.717) is 35.5 Å². The van der Waals surface area contributed by atoms with Crippen molar-refractivity contribution in [3.8, 4) is 0 Å². The minimum absolute atomic E-state index is 0.115. The molecule has 2 aliphatic rings. The van der Waals surface area contributed by atoms with Gasteiger partial charge in [0.05, 0.1) is 12.8 Å². The zero-order valence-corrected chi connectivity index (χ0v) is 17.5. The Kier molecular flexibility index (Phi) is 7.13. The Hall–Kier alpha value is -2.47. The molecule has 1 heterocycles. The minimum Gasteiger partial charge on any atom is -0.465 e. The predicted octanol–water partition coefficient (Wildman–Crippen LogP) is 4.27. The van der Waals surface area contributed by atoms with Crippen LogP contribution in [0.15, 0.2) is 51.1 Å². The van der Waals surface area contributed by atoms with Gasteiger partial charge in [0.15, 0.2) is 5.84 Å². The fourth-order valence-electron chi connectivity index (χ4n) is 3.54. The largest absolute Gasteiger partial charge is 0.465 e. The molecular weight excluding hydrogens is 381 g/mol. The van der Waals surface area contributed by atoms with Crippen LogP contribution in [0.2, 0.25) is 0 Å². The van der Waals surface area contributed by atoms with Gasteiger partial charge in [-0.15, -0.1) is 0 Å². The summed E-state index contributed by atoms with van der Waals surface area (Å²) in [6.07, 6.45) is 4.48. The molecule has 1 aromatic rings. The number of aliphatic imine (C=N–C) groups is 2. The summed E-state index contributed by atoms with van der Waals surface area (Å²) in [5.74, 6) is -0.475. The maximum atomic E-state index is 14.3. The number of halogens is 2. The van der Waals surface area contributed by atoms with Crippen LogP contribution in [0.4, 0.5) is 4.39 Å². The Morgan fingerprint density at radius 2 is 2.14 bits per heavy atom. The number of nitrogens with one attached hydrogen (secondary N) is 1. The second-order valence-corrected chi connectivity index (χ2v) is 6.38. The van der Waals surface area contributed by atoms with Crippen molar-refractivity contribution in [2.45, 2.75) is 39.2 Å². The van der Waals surface area contributed by atoms with Gasteiger partial charge in [-0.25, -0.2) is 14.2 Å². The van der Waals surface area contributed by atoms with E-state index >= 15 is 0 Å². The maximum Gasteiger partial charge on any atom is 0.339 e. The molecule has 0 aromatic heterocycles. The van der Waals surface area contributed by atoms with Gasteiger partial charge in [-0.05, 0) is 43.0 Å². The molecule has 1 N–H and O–H groups in total. The Balaban J connectivity index is 0.00000136. The molecule has 0 bridgehead atoms. The molecule has 0 saturated heterocycles. The van der Waals surface area contributed by atoms with E-state index in [0.717, 1.165) is 0 Å². The number of methoxy groups -OCH3 is 1. The average molecular weight is 406 g/mol. The van der Waals surface area contributed by atoms with Gasteiger partial charge in [-0.1, -0.05) is 43.7 Å². The predicted molar refractivity (Wildman–Crippen MR) is 111 cm³/mol. The lowest BCUT2D eigenvalue weighted by atomic mass is 9.83. The number of benzene rings is 1. The number of rotatable bonds is 3. The summed E-state index contributed by atoms with van der Waals surface area (Å²) < 4.78 is 19.2. The number of hydrogen-bond donors (Lipinski definition) is 1. The number of hydrogen-bond acceptors (Lipinski definition) is 5. The molecular formula is C21H25ClFN3O2. The maximum absolute atomic E-state index is 14.3. The summed E-state index contributed by atoms with van der Waals surface area (Å²) in [4.78, 5) is 21.5. The standard InChI is InChI=1S/C19H19ClFN3O2.C2H6/c1-4-6-14(22-2)17-23-16(20)15(18(25)26-3)19(24-17)10-9-11-12(19)7-5-8-13(11)21;1-2/h4-8H,9-10H2,1-3H3,(H,23,24);1-2H3/b6-4-,22-14?;. The highest BCUT2D eigenvalue weighted by atomic mass is 35.5. The highest BCUT2D eigenvalue weighted by molar-refractivity contribution is 6.48. The van der Waals surface area contributed by atoms with Gasteiger partial charge in [0.2, 0.25) is 0 Å². The highest BCUT2D eigenvalue weighted by Crippen LogP contribution is 2.49. The second kappa shape index (κ2) is 9.15. The first kappa shape index (κ1) is 21.8. The van der Waals surface area contributed by atoms with Crippen molar-refractivity contribution in [3.63, 3.8) is 0 Å². The zero-order valence-electron chi connectivity index (χ0n) is 16.8. The molecule has 0 fully saturated rings. The molecule has 1 spiro atoms. The van der Waals surface area contributed by atoms with E-state index < -0.39 is 11.5 Å². The van der Waals surface area contributed by atoms with Crippen LogP contribution in [-0.2, 0) is 21.5 Å². The SMILES string of the molecule is C/C=C\C(=NC)C1=NC2(CCc3c(F)cccc32)C(C(=O)OC)=C(Cl)N1.CC. The summed E-state index contributed by atoms with van der Waals surface area (Å²) in [7, 11) is 2.93. The van der Waals surface area contributed by atoms with Crippen LogP contribution in [0, 0.1) is 5.82 Å².